The van der Waals surface area contributed by atoms with Gasteiger partial charge in [0.2, 0.25) is 0 Å². The molecule has 1 rings (SSSR count). The zero-order valence-corrected chi connectivity index (χ0v) is 14.3. The Bertz CT molecular complexity index is 509. The number of alkyl carbamates (subject to hydrolysis) is 1. The molecule has 0 aliphatic rings. The summed E-state index contributed by atoms with van der Waals surface area (Å²) in [5.74, 6) is -0.445. The Kier molecular flexibility index (Phi) is 7.03. The van der Waals surface area contributed by atoms with Gasteiger partial charge >= 0.3 is 12.1 Å². The molecule has 0 aliphatic heterocycles. The lowest BCUT2D eigenvalue weighted by Crippen LogP contribution is -2.49. The van der Waals surface area contributed by atoms with E-state index in [-0.39, 0.29) is 6.61 Å². The molecule has 6 heteroatoms. The molecule has 1 N–H and O–H groups in total. The Morgan fingerprint density at radius 3 is 2.30 bits per heavy atom. The van der Waals surface area contributed by atoms with Crippen LogP contribution in [0, 0.1) is 0 Å². The van der Waals surface area contributed by atoms with Crippen molar-refractivity contribution in [1.82, 2.24) is 5.32 Å². The Labute approximate surface area is 137 Å². The summed E-state index contributed by atoms with van der Waals surface area (Å²) in [5, 5.41) is 2.59. The predicted octanol–water partition coefficient (Wildman–Crippen LogP) is 3.01. The SMILES string of the molecule is CC(=O)OC(C)C(NC(=O)OCc1ccccc1)OC(C)(C)C. The van der Waals surface area contributed by atoms with Crippen LogP contribution in [0.4, 0.5) is 4.79 Å². The molecule has 0 radical (unpaired) electrons. The summed E-state index contributed by atoms with van der Waals surface area (Å²) >= 11 is 0. The van der Waals surface area contributed by atoms with Gasteiger partial charge in [-0.1, -0.05) is 30.3 Å². The number of carbonyl (C=O) groups is 2. The molecule has 6 nitrogen and oxygen atoms in total. The Hall–Kier alpha value is -2.08. The van der Waals surface area contributed by atoms with Crippen molar-refractivity contribution in [3.05, 3.63) is 35.9 Å². The van der Waals surface area contributed by atoms with Crippen LogP contribution in [0.15, 0.2) is 30.3 Å². The van der Waals surface area contributed by atoms with E-state index in [0.717, 1.165) is 5.56 Å². The maximum absolute atomic E-state index is 11.9. The maximum atomic E-state index is 11.9. The van der Waals surface area contributed by atoms with Crippen molar-refractivity contribution in [1.29, 1.82) is 0 Å². The second-order valence-corrected chi connectivity index (χ2v) is 6.17. The fraction of sp³-hybridized carbons (Fsp3) is 0.529. The Morgan fingerprint density at radius 2 is 1.78 bits per heavy atom. The average Bonchev–Trinajstić information content (AvgIpc) is 2.43. The van der Waals surface area contributed by atoms with Gasteiger partial charge in [-0.05, 0) is 33.3 Å². The first-order valence-electron chi connectivity index (χ1n) is 7.49. The first kappa shape index (κ1) is 19.0. The lowest BCUT2D eigenvalue weighted by atomic mass is 10.2. The number of rotatable bonds is 6. The van der Waals surface area contributed by atoms with E-state index in [4.69, 9.17) is 14.2 Å². The van der Waals surface area contributed by atoms with E-state index < -0.39 is 30.0 Å². The van der Waals surface area contributed by atoms with Crippen LogP contribution >= 0.6 is 0 Å². The summed E-state index contributed by atoms with van der Waals surface area (Å²) in [4.78, 5) is 23.0. The lowest BCUT2D eigenvalue weighted by Gasteiger charge is -2.31. The standard InChI is InChI=1S/C17H25NO5/c1-12(22-13(2)19)15(23-17(3,4)5)18-16(20)21-11-14-9-7-6-8-10-14/h6-10,12,15H,11H2,1-5H3,(H,18,20). The van der Waals surface area contributed by atoms with Crippen LogP contribution in [0.5, 0.6) is 0 Å². The second kappa shape index (κ2) is 8.53. The first-order chi connectivity index (χ1) is 10.7. The van der Waals surface area contributed by atoms with Gasteiger partial charge in [0.25, 0.3) is 0 Å². The molecule has 0 fully saturated rings. The number of carbonyl (C=O) groups excluding carboxylic acids is 2. The van der Waals surface area contributed by atoms with Crippen molar-refractivity contribution in [2.45, 2.75) is 59.2 Å². The molecule has 1 aromatic rings. The highest BCUT2D eigenvalue weighted by molar-refractivity contribution is 5.68. The number of amides is 1. The molecule has 0 saturated carbocycles. The Morgan fingerprint density at radius 1 is 1.17 bits per heavy atom. The van der Waals surface area contributed by atoms with Crippen molar-refractivity contribution in [3.8, 4) is 0 Å². The molecule has 0 aliphatic carbocycles. The molecule has 0 aromatic heterocycles. The summed E-state index contributed by atoms with van der Waals surface area (Å²) in [6.07, 6.45) is -2.08. The molecule has 0 bridgehead atoms. The third-order valence-corrected chi connectivity index (χ3v) is 2.73. The summed E-state index contributed by atoms with van der Waals surface area (Å²) in [7, 11) is 0. The van der Waals surface area contributed by atoms with E-state index in [0.29, 0.717) is 0 Å². The fourth-order valence-electron chi connectivity index (χ4n) is 1.83. The molecule has 128 valence electrons. The summed E-state index contributed by atoms with van der Waals surface area (Å²) in [5.41, 5.74) is 0.357. The van der Waals surface area contributed by atoms with Crippen molar-refractivity contribution in [2.75, 3.05) is 0 Å². The van der Waals surface area contributed by atoms with E-state index in [1.54, 1.807) is 6.92 Å². The molecular weight excluding hydrogens is 298 g/mol. The number of benzene rings is 1. The minimum Gasteiger partial charge on any atom is -0.458 e. The Balaban J connectivity index is 2.60. The number of hydrogen-bond acceptors (Lipinski definition) is 5. The molecule has 0 heterocycles. The number of ether oxygens (including phenoxy) is 3. The zero-order valence-electron chi connectivity index (χ0n) is 14.3. The molecule has 1 aromatic carbocycles. The van der Waals surface area contributed by atoms with Crippen LogP contribution in [-0.2, 0) is 25.6 Å². The molecule has 2 unspecified atom stereocenters. The van der Waals surface area contributed by atoms with E-state index in [1.165, 1.54) is 6.92 Å². The first-order valence-corrected chi connectivity index (χ1v) is 7.49. The smallest absolute Gasteiger partial charge is 0.409 e. The zero-order chi connectivity index (χ0) is 17.5. The van der Waals surface area contributed by atoms with Gasteiger partial charge in [-0.3, -0.25) is 10.1 Å². The molecule has 0 saturated heterocycles. The van der Waals surface area contributed by atoms with E-state index in [2.05, 4.69) is 5.32 Å². The van der Waals surface area contributed by atoms with Crippen molar-refractivity contribution >= 4 is 12.1 Å². The minimum atomic E-state index is -0.804. The van der Waals surface area contributed by atoms with Crippen molar-refractivity contribution in [2.24, 2.45) is 0 Å². The van der Waals surface area contributed by atoms with Gasteiger partial charge in [-0.2, -0.15) is 0 Å². The highest BCUT2D eigenvalue weighted by atomic mass is 16.6. The van der Waals surface area contributed by atoms with Crippen LogP contribution in [0.1, 0.15) is 40.2 Å². The van der Waals surface area contributed by atoms with E-state index in [1.807, 2.05) is 51.1 Å². The van der Waals surface area contributed by atoms with Crippen LogP contribution in [0.3, 0.4) is 0 Å². The topological polar surface area (TPSA) is 73.9 Å². The molecule has 2 atom stereocenters. The van der Waals surface area contributed by atoms with E-state index >= 15 is 0 Å². The van der Waals surface area contributed by atoms with Gasteiger partial charge in [0.1, 0.15) is 12.7 Å². The van der Waals surface area contributed by atoms with Gasteiger partial charge in [-0.25, -0.2) is 4.79 Å². The number of hydrogen-bond donors (Lipinski definition) is 1. The quantitative estimate of drug-likeness (QED) is 0.643. The second-order valence-electron chi connectivity index (χ2n) is 6.17. The minimum absolute atomic E-state index is 0.150. The van der Waals surface area contributed by atoms with E-state index in [9.17, 15) is 9.59 Å². The van der Waals surface area contributed by atoms with Crippen molar-refractivity contribution in [3.63, 3.8) is 0 Å². The van der Waals surface area contributed by atoms with Gasteiger partial charge in [0.05, 0.1) is 5.60 Å². The lowest BCUT2D eigenvalue weighted by molar-refractivity contribution is -0.165. The largest absolute Gasteiger partial charge is 0.458 e. The van der Waals surface area contributed by atoms with Crippen LogP contribution in [0.25, 0.3) is 0 Å². The van der Waals surface area contributed by atoms with Crippen molar-refractivity contribution < 1.29 is 23.8 Å². The highest BCUT2D eigenvalue weighted by Gasteiger charge is 2.28. The number of nitrogens with one attached hydrogen (secondary N) is 1. The molecular formula is C17H25NO5. The normalized spacial score (nSPS) is 13.8. The maximum Gasteiger partial charge on any atom is 0.409 e. The van der Waals surface area contributed by atoms with Gasteiger partial charge in [0, 0.05) is 6.92 Å². The van der Waals surface area contributed by atoms with Gasteiger partial charge in [0.15, 0.2) is 6.23 Å². The molecule has 0 spiro atoms. The summed E-state index contributed by atoms with van der Waals surface area (Å²) in [6.45, 7) is 8.64. The molecule has 1 amide bonds. The fourth-order valence-corrected chi connectivity index (χ4v) is 1.83. The van der Waals surface area contributed by atoms with Crippen LogP contribution < -0.4 is 5.32 Å². The highest BCUT2D eigenvalue weighted by Crippen LogP contribution is 2.14. The van der Waals surface area contributed by atoms with Gasteiger partial charge in [-0.15, -0.1) is 0 Å². The molecule has 23 heavy (non-hydrogen) atoms. The summed E-state index contributed by atoms with van der Waals surface area (Å²) in [6, 6.07) is 9.34. The van der Waals surface area contributed by atoms with Crippen LogP contribution in [0.2, 0.25) is 0 Å². The average molecular weight is 323 g/mol. The number of esters is 1. The monoisotopic (exact) mass is 323 g/mol. The van der Waals surface area contributed by atoms with Crippen LogP contribution in [-0.4, -0.2) is 30.0 Å². The van der Waals surface area contributed by atoms with Gasteiger partial charge < -0.3 is 14.2 Å². The summed E-state index contributed by atoms with van der Waals surface area (Å²) < 4.78 is 16.0. The third-order valence-electron chi connectivity index (χ3n) is 2.73. The predicted molar refractivity (Wildman–Crippen MR) is 85.6 cm³/mol. The third kappa shape index (κ3) is 8.21.